The van der Waals surface area contributed by atoms with E-state index >= 15 is 0 Å². The van der Waals surface area contributed by atoms with E-state index in [0.29, 0.717) is 30.2 Å². The Morgan fingerprint density at radius 2 is 2.05 bits per heavy atom. The standard InChI is InChI=1S/C33H40N2O5/c1-20(2)17-35(30(37)11-6-23-12-15-38-19-23)26-8-7-25-27-16-24-28(39-21(3)36)9-10-29-31(24)33(25,32(26)40-29)13-14-34(27)18-22-4-5-22/h6,9-12,15,19-20,22,25-27,32H,4-5,7-8,13-14,16-18H2,1-3H3/b11-6+/t25-,26-,27+,32-,33-/m0/s1. The molecular weight excluding hydrogens is 504 g/mol. The largest absolute Gasteiger partial charge is 0.487 e. The zero-order chi connectivity index (χ0) is 27.6. The molecule has 0 unspecified atom stereocenters. The molecule has 3 fully saturated rings. The Bertz CT molecular complexity index is 1330. The first kappa shape index (κ1) is 25.9. The molecule has 0 N–H and O–H groups in total. The molecule has 40 heavy (non-hydrogen) atoms. The van der Waals surface area contributed by atoms with Crippen LogP contribution in [0.25, 0.3) is 6.08 Å². The summed E-state index contributed by atoms with van der Waals surface area (Å²) in [6.07, 6.45) is 13.3. The minimum absolute atomic E-state index is 0.0219. The Hall–Kier alpha value is -3.06. The molecule has 1 aromatic carbocycles. The Labute approximate surface area is 236 Å². The summed E-state index contributed by atoms with van der Waals surface area (Å²) in [6.45, 7) is 8.72. The van der Waals surface area contributed by atoms with E-state index in [2.05, 4.69) is 23.6 Å². The van der Waals surface area contributed by atoms with Crippen LogP contribution < -0.4 is 9.47 Å². The van der Waals surface area contributed by atoms with E-state index in [1.54, 1.807) is 18.6 Å². The Morgan fingerprint density at radius 3 is 2.77 bits per heavy atom. The Balaban J connectivity index is 1.29. The van der Waals surface area contributed by atoms with Crippen LogP contribution in [0.2, 0.25) is 0 Å². The van der Waals surface area contributed by atoms with Gasteiger partial charge in [0.2, 0.25) is 5.91 Å². The molecule has 1 spiro atoms. The van der Waals surface area contributed by atoms with Gasteiger partial charge in [-0.3, -0.25) is 14.5 Å². The summed E-state index contributed by atoms with van der Waals surface area (Å²) < 4.78 is 17.9. The first-order valence-corrected chi connectivity index (χ1v) is 15.1. The van der Waals surface area contributed by atoms with Crippen molar-refractivity contribution in [2.24, 2.45) is 17.8 Å². The number of piperidine rings is 1. The number of rotatable bonds is 8. The van der Waals surface area contributed by atoms with Crippen LogP contribution in [-0.2, 0) is 21.4 Å². The third kappa shape index (κ3) is 4.20. The monoisotopic (exact) mass is 544 g/mol. The van der Waals surface area contributed by atoms with E-state index in [1.165, 1.54) is 31.9 Å². The van der Waals surface area contributed by atoms with Crippen LogP contribution in [0.15, 0.2) is 41.2 Å². The highest BCUT2D eigenvalue weighted by molar-refractivity contribution is 5.92. The molecule has 3 aliphatic carbocycles. The second kappa shape index (κ2) is 9.79. The van der Waals surface area contributed by atoms with E-state index in [9.17, 15) is 9.59 Å². The summed E-state index contributed by atoms with van der Waals surface area (Å²) in [4.78, 5) is 30.7. The first-order valence-electron chi connectivity index (χ1n) is 15.1. The van der Waals surface area contributed by atoms with Gasteiger partial charge in [0, 0.05) is 54.2 Å². The number of amides is 1. The van der Waals surface area contributed by atoms with E-state index < -0.39 is 0 Å². The minimum Gasteiger partial charge on any atom is -0.487 e. The summed E-state index contributed by atoms with van der Waals surface area (Å²) in [5.74, 6) is 2.97. The maximum absolute atomic E-state index is 13.8. The molecular formula is C33H40N2O5. The van der Waals surface area contributed by atoms with Crippen LogP contribution in [0.1, 0.15) is 69.6 Å². The lowest BCUT2D eigenvalue weighted by Crippen LogP contribution is -2.69. The molecule has 5 atom stereocenters. The van der Waals surface area contributed by atoms with Crippen molar-refractivity contribution >= 4 is 18.0 Å². The van der Waals surface area contributed by atoms with E-state index in [1.807, 2.05) is 24.3 Å². The lowest BCUT2D eigenvalue weighted by atomic mass is 9.50. The van der Waals surface area contributed by atoms with Gasteiger partial charge >= 0.3 is 5.97 Å². The molecule has 1 saturated heterocycles. The number of nitrogens with zero attached hydrogens (tertiary/aromatic N) is 2. The third-order valence-electron chi connectivity index (χ3n) is 10.1. The summed E-state index contributed by atoms with van der Waals surface area (Å²) in [5, 5.41) is 0. The van der Waals surface area contributed by atoms with E-state index in [4.69, 9.17) is 13.9 Å². The zero-order valence-corrected chi connectivity index (χ0v) is 23.8. The van der Waals surface area contributed by atoms with Crippen molar-refractivity contribution < 1.29 is 23.5 Å². The number of furan rings is 1. The van der Waals surface area contributed by atoms with Crippen molar-refractivity contribution in [2.75, 3.05) is 19.6 Å². The number of likely N-dealkylation sites (tertiary alicyclic amines) is 1. The predicted octanol–water partition coefficient (Wildman–Crippen LogP) is 5.22. The van der Waals surface area contributed by atoms with Crippen LogP contribution in [0, 0.1) is 17.8 Å². The van der Waals surface area contributed by atoms with Gasteiger partial charge in [0.1, 0.15) is 17.6 Å². The molecule has 1 amide bonds. The number of benzene rings is 1. The molecule has 5 aliphatic rings. The number of carbonyl (C=O) groups is 2. The van der Waals surface area contributed by atoms with Crippen LogP contribution in [-0.4, -0.2) is 59.5 Å². The van der Waals surface area contributed by atoms with Crippen LogP contribution >= 0.6 is 0 Å². The van der Waals surface area contributed by atoms with Gasteiger partial charge in [-0.05, 0) is 87.1 Å². The number of hydrogen-bond acceptors (Lipinski definition) is 6. The molecule has 2 aliphatic heterocycles. The average molecular weight is 545 g/mol. The fraction of sp³-hybridized carbons (Fsp3) is 0.576. The summed E-state index contributed by atoms with van der Waals surface area (Å²) in [7, 11) is 0. The van der Waals surface area contributed by atoms with Crippen LogP contribution in [0.3, 0.4) is 0 Å². The molecule has 7 nitrogen and oxygen atoms in total. The van der Waals surface area contributed by atoms with Gasteiger partial charge < -0.3 is 18.8 Å². The van der Waals surface area contributed by atoms with E-state index in [-0.39, 0.29) is 29.4 Å². The maximum atomic E-state index is 13.8. The number of hydrogen-bond donors (Lipinski definition) is 0. The molecule has 1 aromatic heterocycles. The third-order valence-corrected chi connectivity index (χ3v) is 10.1. The van der Waals surface area contributed by atoms with Gasteiger partial charge in [0.25, 0.3) is 0 Å². The fourth-order valence-corrected chi connectivity index (χ4v) is 8.44. The maximum Gasteiger partial charge on any atom is 0.308 e. The van der Waals surface area contributed by atoms with Crippen molar-refractivity contribution in [3.8, 4) is 11.5 Å². The van der Waals surface area contributed by atoms with Crippen molar-refractivity contribution in [1.29, 1.82) is 0 Å². The van der Waals surface area contributed by atoms with Crippen molar-refractivity contribution in [1.82, 2.24) is 9.80 Å². The van der Waals surface area contributed by atoms with Gasteiger partial charge in [-0.25, -0.2) is 0 Å². The molecule has 212 valence electrons. The first-order chi connectivity index (χ1) is 19.3. The van der Waals surface area contributed by atoms with Crippen LogP contribution in [0.5, 0.6) is 11.5 Å². The number of esters is 1. The highest BCUT2D eigenvalue weighted by Gasteiger charge is 2.66. The van der Waals surface area contributed by atoms with Gasteiger partial charge in [0.05, 0.1) is 18.6 Å². The zero-order valence-electron chi connectivity index (χ0n) is 23.8. The van der Waals surface area contributed by atoms with Crippen LogP contribution in [0.4, 0.5) is 0 Å². The summed E-state index contributed by atoms with van der Waals surface area (Å²) in [5.41, 5.74) is 3.13. The second-order valence-electron chi connectivity index (χ2n) is 13.1. The van der Waals surface area contributed by atoms with Gasteiger partial charge in [-0.2, -0.15) is 0 Å². The lowest BCUT2D eigenvalue weighted by Gasteiger charge is -2.60. The Kier molecular flexibility index (Phi) is 6.33. The summed E-state index contributed by atoms with van der Waals surface area (Å²) in [6, 6.07) is 6.17. The summed E-state index contributed by atoms with van der Waals surface area (Å²) >= 11 is 0. The molecule has 2 aromatic rings. The molecule has 3 heterocycles. The second-order valence-corrected chi connectivity index (χ2v) is 13.1. The molecule has 0 radical (unpaired) electrons. The average Bonchev–Trinajstić information content (AvgIpc) is 3.45. The minimum atomic E-state index is -0.286. The lowest BCUT2D eigenvalue weighted by molar-refractivity contribution is -0.139. The van der Waals surface area contributed by atoms with Gasteiger partial charge in [-0.1, -0.05) is 13.8 Å². The predicted molar refractivity (Wildman–Crippen MR) is 151 cm³/mol. The van der Waals surface area contributed by atoms with Gasteiger partial charge in [-0.15, -0.1) is 0 Å². The fourth-order valence-electron chi connectivity index (χ4n) is 8.44. The molecule has 7 heteroatoms. The quantitative estimate of drug-likeness (QED) is 0.258. The van der Waals surface area contributed by atoms with Crippen molar-refractivity contribution in [3.63, 3.8) is 0 Å². The number of ether oxygens (including phenoxy) is 2. The van der Waals surface area contributed by atoms with Gasteiger partial charge in [0.15, 0.2) is 0 Å². The highest BCUT2D eigenvalue weighted by atomic mass is 16.5. The van der Waals surface area contributed by atoms with Crippen molar-refractivity contribution in [3.05, 3.63) is 53.5 Å². The van der Waals surface area contributed by atoms with Crippen molar-refractivity contribution in [2.45, 2.75) is 82.9 Å². The SMILES string of the molecule is CC(=O)Oc1ccc2c3c1C[C@@H]1[C@@H]4CC[C@H](N(CC(C)C)C(=O)/C=C/c5ccoc5)[C@H](O2)[C@]34CCN1CC1CC1. The normalized spacial score (nSPS) is 30.3. The molecule has 7 rings (SSSR count). The van der Waals surface area contributed by atoms with E-state index in [0.717, 1.165) is 55.0 Å². The Morgan fingerprint density at radius 1 is 1.20 bits per heavy atom. The highest BCUT2D eigenvalue weighted by Crippen LogP contribution is 2.64. The molecule has 2 bridgehead atoms. The topological polar surface area (TPSA) is 72.2 Å². The smallest absolute Gasteiger partial charge is 0.308 e. The number of carbonyl (C=O) groups excluding carboxylic acids is 2. The molecule has 2 saturated carbocycles.